The van der Waals surface area contributed by atoms with E-state index in [-0.39, 0.29) is 0 Å². The smallest absolute Gasteiger partial charge is 0.191 e. The summed E-state index contributed by atoms with van der Waals surface area (Å²) >= 11 is 0. The van der Waals surface area contributed by atoms with E-state index in [1.807, 2.05) is 6.92 Å². The lowest BCUT2D eigenvalue weighted by atomic mass is 10.1. The predicted molar refractivity (Wildman–Crippen MR) is 78.8 cm³/mol. The van der Waals surface area contributed by atoms with Crippen LogP contribution in [0.2, 0.25) is 0 Å². The first-order chi connectivity index (χ1) is 8.77. The SMILES string of the molecule is CC=CCCNC(=NC)NCc1ccccc1C. The van der Waals surface area contributed by atoms with Gasteiger partial charge in [0.25, 0.3) is 0 Å². The number of guanidine groups is 1. The molecule has 1 rings (SSSR count). The number of aliphatic imine (C=N–C) groups is 1. The minimum atomic E-state index is 0.802. The summed E-state index contributed by atoms with van der Waals surface area (Å²) in [6.07, 6.45) is 5.22. The normalized spacial score (nSPS) is 11.8. The van der Waals surface area contributed by atoms with Crippen LogP contribution in [0.5, 0.6) is 0 Å². The van der Waals surface area contributed by atoms with Crippen LogP contribution in [0.1, 0.15) is 24.5 Å². The van der Waals surface area contributed by atoms with Gasteiger partial charge < -0.3 is 10.6 Å². The van der Waals surface area contributed by atoms with Crippen molar-refractivity contribution >= 4 is 5.96 Å². The Hall–Kier alpha value is -1.77. The molecule has 0 aliphatic rings. The molecule has 2 N–H and O–H groups in total. The molecule has 0 spiro atoms. The lowest BCUT2D eigenvalue weighted by Gasteiger charge is -2.12. The van der Waals surface area contributed by atoms with E-state index >= 15 is 0 Å². The van der Waals surface area contributed by atoms with Crippen LogP contribution in [0.4, 0.5) is 0 Å². The van der Waals surface area contributed by atoms with E-state index in [2.05, 4.69) is 59.0 Å². The maximum absolute atomic E-state index is 4.20. The average Bonchev–Trinajstić information content (AvgIpc) is 2.40. The zero-order chi connectivity index (χ0) is 13.2. The van der Waals surface area contributed by atoms with Crippen LogP contribution in [-0.4, -0.2) is 19.6 Å². The molecule has 0 aromatic heterocycles. The first-order valence-electron chi connectivity index (χ1n) is 6.38. The highest BCUT2D eigenvalue weighted by molar-refractivity contribution is 5.79. The van der Waals surface area contributed by atoms with Crippen molar-refractivity contribution in [1.82, 2.24) is 10.6 Å². The molecule has 0 aliphatic carbocycles. The Morgan fingerprint density at radius 2 is 2.06 bits per heavy atom. The van der Waals surface area contributed by atoms with Crippen LogP contribution in [-0.2, 0) is 6.54 Å². The van der Waals surface area contributed by atoms with Crippen LogP contribution in [0, 0.1) is 6.92 Å². The minimum Gasteiger partial charge on any atom is -0.356 e. The fraction of sp³-hybridized carbons (Fsp3) is 0.400. The molecule has 0 saturated carbocycles. The maximum atomic E-state index is 4.20. The van der Waals surface area contributed by atoms with Gasteiger partial charge in [0.2, 0.25) is 0 Å². The molecule has 0 fully saturated rings. The van der Waals surface area contributed by atoms with E-state index in [4.69, 9.17) is 0 Å². The van der Waals surface area contributed by atoms with Crippen molar-refractivity contribution in [3.8, 4) is 0 Å². The van der Waals surface area contributed by atoms with Gasteiger partial charge in [-0.2, -0.15) is 0 Å². The first kappa shape index (κ1) is 14.3. The molecule has 3 heteroatoms. The second-order valence-electron chi connectivity index (χ2n) is 4.14. The number of aryl methyl sites for hydroxylation is 1. The predicted octanol–water partition coefficient (Wildman–Crippen LogP) is 2.63. The van der Waals surface area contributed by atoms with Crippen molar-refractivity contribution < 1.29 is 0 Å². The minimum absolute atomic E-state index is 0.802. The van der Waals surface area contributed by atoms with Crippen LogP contribution < -0.4 is 10.6 Å². The molecule has 18 heavy (non-hydrogen) atoms. The molecule has 1 aromatic rings. The van der Waals surface area contributed by atoms with Gasteiger partial charge in [0, 0.05) is 20.1 Å². The van der Waals surface area contributed by atoms with E-state index < -0.39 is 0 Å². The summed E-state index contributed by atoms with van der Waals surface area (Å²) in [5, 5.41) is 6.60. The van der Waals surface area contributed by atoms with Crippen molar-refractivity contribution in [2.75, 3.05) is 13.6 Å². The monoisotopic (exact) mass is 245 g/mol. The molecule has 0 radical (unpaired) electrons. The molecule has 0 amide bonds. The lowest BCUT2D eigenvalue weighted by molar-refractivity contribution is 0.801. The molecule has 0 aliphatic heterocycles. The number of nitrogens with zero attached hydrogens (tertiary/aromatic N) is 1. The van der Waals surface area contributed by atoms with E-state index in [0.29, 0.717) is 0 Å². The molecule has 0 atom stereocenters. The summed E-state index contributed by atoms with van der Waals surface area (Å²) in [6.45, 7) is 5.86. The van der Waals surface area contributed by atoms with Crippen LogP contribution in [0.3, 0.4) is 0 Å². The zero-order valence-electron chi connectivity index (χ0n) is 11.5. The van der Waals surface area contributed by atoms with Crippen molar-refractivity contribution in [2.24, 2.45) is 4.99 Å². The van der Waals surface area contributed by atoms with Crippen LogP contribution >= 0.6 is 0 Å². The largest absolute Gasteiger partial charge is 0.356 e. The number of hydrogen-bond donors (Lipinski definition) is 2. The Morgan fingerprint density at radius 3 is 2.72 bits per heavy atom. The Balaban J connectivity index is 2.38. The Kier molecular flexibility index (Phi) is 6.62. The Morgan fingerprint density at radius 1 is 1.28 bits per heavy atom. The van der Waals surface area contributed by atoms with Gasteiger partial charge in [0.1, 0.15) is 0 Å². The fourth-order valence-corrected chi connectivity index (χ4v) is 1.65. The van der Waals surface area contributed by atoms with Gasteiger partial charge in [0.15, 0.2) is 5.96 Å². The van der Waals surface area contributed by atoms with Crippen LogP contribution in [0.15, 0.2) is 41.4 Å². The number of allylic oxidation sites excluding steroid dienone is 1. The Labute approximate surface area is 110 Å². The molecular weight excluding hydrogens is 222 g/mol. The summed E-state index contributed by atoms with van der Waals surface area (Å²) < 4.78 is 0. The summed E-state index contributed by atoms with van der Waals surface area (Å²) in [6, 6.07) is 8.38. The quantitative estimate of drug-likeness (QED) is 0.362. The zero-order valence-corrected chi connectivity index (χ0v) is 11.5. The molecule has 0 saturated heterocycles. The van der Waals surface area contributed by atoms with Crippen LogP contribution in [0.25, 0.3) is 0 Å². The second-order valence-corrected chi connectivity index (χ2v) is 4.14. The standard InChI is InChI=1S/C15H23N3/c1-4-5-8-11-17-15(16-3)18-12-14-10-7-6-9-13(14)2/h4-7,9-10H,8,11-12H2,1-3H3,(H2,16,17,18). The molecule has 0 bridgehead atoms. The van der Waals surface area contributed by atoms with Gasteiger partial charge in [-0.3, -0.25) is 4.99 Å². The topological polar surface area (TPSA) is 36.4 Å². The second kappa shape index (κ2) is 8.34. The van der Waals surface area contributed by atoms with Crippen molar-refractivity contribution in [3.63, 3.8) is 0 Å². The van der Waals surface area contributed by atoms with Gasteiger partial charge in [0.05, 0.1) is 0 Å². The molecule has 3 nitrogen and oxygen atoms in total. The Bertz CT molecular complexity index is 408. The summed E-state index contributed by atoms with van der Waals surface area (Å²) in [7, 11) is 1.79. The maximum Gasteiger partial charge on any atom is 0.191 e. The van der Waals surface area contributed by atoms with Crippen molar-refractivity contribution in [1.29, 1.82) is 0 Å². The average molecular weight is 245 g/mol. The number of rotatable bonds is 5. The van der Waals surface area contributed by atoms with Gasteiger partial charge in [-0.1, -0.05) is 36.4 Å². The van der Waals surface area contributed by atoms with Gasteiger partial charge in [-0.05, 0) is 31.4 Å². The van der Waals surface area contributed by atoms with Gasteiger partial charge in [-0.15, -0.1) is 0 Å². The molecular formula is C15H23N3. The van der Waals surface area contributed by atoms with E-state index in [1.165, 1.54) is 11.1 Å². The summed E-state index contributed by atoms with van der Waals surface area (Å²) in [5.74, 6) is 0.850. The highest BCUT2D eigenvalue weighted by atomic mass is 15.2. The molecule has 0 unspecified atom stereocenters. The highest BCUT2D eigenvalue weighted by Gasteiger charge is 1.99. The van der Waals surface area contributed by atoms with Crippen molar-refractivity contribution in [2.45, 2.75) is 26.8 Å². The lowest BCUT2D eigenvalue weighted by Crippen LogP contribution is -2.37. The summed E-state index contributed by atoms with van der Waals surface area (Å²) in [4.78, 5) is 4.20. The first-order valence-corrected chi connectivity index (χ1v) is 6.38. The molecule has 98 valence electrons. The van der Waals surface area contributed by atoms with E-state index in [9.17, 15) is 0 Å². The van der Waals surface area contributed by atoms with Gasteiger partial charge in [-0.25, -0.2) is 0 Å². The third kappa shape index (κ3) is 5.04. The third-order valence-electron chi connectivity index (χ3n) is 2.77. The third-order valence-corrected chi connectivity index (χ3v) is 2.77. The number of hydrogen-bond acceptors (Lipinski definition) is 1. The molecule has 0 heterocycles. The number of benzene rings is 1. The van der Waals surface area contributed by atoms with Crippen molar-refractivity contribution in [3.05, 3.63) is 47.5 Å². The fourth-order valence-electron chi connectivity index (χ4n) is 1.65. The summed E-state index contributed by atoms with van der Waals surface area (Å²) in [5.41, 5.74) is 2.60. The van der Waals surface area contributed by atoms with E-state index in [0.717, 1.165) is 25.5 Å². The molecule has 1 aromatic carbocycles. The van der Waals surface area contributed by atoms with E-state index in [1.54, 1.807) is 7.05 Å². The number of nitrogens with one attached hydrogen (secondary N) is 2. The van der Waals surface area contributed by atoms with Gasteiger partial charge >= 0.3 is 0 Å². The highest BCUT2D eigenvalue weighted by Crippen LogP contribution is 2.05.